The minimum atomic E-state index is -5.96. The fourth-order valence-electron chi connectivity index (χ4n) is 2.14. The Kier molecular flexibility index (Phi) is 5.10. The second-order valence-electron chi connectivity index (χ2n) is 7.10. The van der Waals surface area contributed by atoms with Crippen LogP contribution in [0, 0.1) is 0 Å². The summed E-state index contributed by atoms with van der Waals surface area (Å²) >= 11 is 0. The van der Waals surface area contributed by atoms with Crippen molar-refractivity contribution in [2.75, 3.05) is 6.16 Å². The van der Waals surface area contributed by atoms with Crippen LogP contribution in [0.25, 0.3) is 0 Å². The van der Waals surface area contributed by atoms with Crippen molar-refractivity contribution in [3.05, 3.63) is 0 Å². The smallest absolute Gasteiger partial charge is 0.373 e. The van der Waals surface area contributed by atoms with Gasteiger partial charge in [-0.05, 0) is 0 Å². The molecule has 0 fully saturated rings. The van der Waals surface area contributed by atoms with E-state index in [4.69, 9.17) is 0 Å². The maximum Gasteiger partial charge on any atom is 0.426 e. The highest BCUT2D eigenvalue weighted by Crippen LogP contribution is 2.69. The highest BCUT2D eigenvalue weighted by molar-refractivity contribution is 7.67. The minimum absolute atomic E-state index is 1.31. The Morgan fingerprint density at radius 1 is 0.762 bits per heavy atom. The van der Waals surface area contributed by atoms with Gasteiger partial charge in [0.1, 0.15) is 7.14 Å². The number of hydrogen-bond acceptors (Lipinski definition) is 2. The Labute approximate surface area is 120 Å². The fraction of sp³-hybridized carbons (Fsp3) is 1.00. The van der Waals surface area contributed by atoms with E-state index in [0.717, 1.165) is 0 Å². The van der Waals surface area contributed by atoms with E-state index in [0.29, 0.717) is 0 Å². The van der Waals surface area contributed by atoms with Crippen molar-refractivity contribution in [3.63, 3.8) is 0 Å². The summed E-state index contributed by atoms with van der Waals surface area (Å²) in [6.45, 7) is 7.87. The first-order valence-corrected chi connectivity index (χ1v) is 8.05. The Bertz CT molecular complexity index is 393. The first-order valence-electron chi connectivity index (χ1n) is 6.16. The van der Waals surface area contributed by atoms with Gasteiger partial charge in [0.05, 0.1) is 0 Å². The van der Waals surface area contributed by atoms with Crippen LogP contribution in [-0.2, 0) is 4.57 Å². The van der Waals surface area contributed by atoms with Gasteiger partial charge in [-0.25, -0.2) is 0 Å². The largest absolute Gasteiger partial charge is 0.426 e. The summed E-state index contributed by atoms with van der Waals surface area (Å²) < 4.78 is 89.9. The molecule has 9 heteroatoms. The zero-order valence-corrected chi connectivity index (χ0v) is 13.7. The standard InChI is InChI=1S/C12H21F6O2P/c1-8(2,3)21(20,9(4,5)6)7-10(19,11(13,14)15)12(16,17)18/h19H,7H2,1-6H3. The SMILES string of the molecule is CC(C)(C)P(=O)(CC(O)(C(F)(F)F)C(F)(F)F)C(C)(C)C. The van der Waals surface area contributed by atoms with Crippen LogP contribution in [0.15, 0.2) is 0 Å². The molecule has 0 rings (SSSR count). The highest BCUT2D eigenvalue weighted by Gasteiger charge is 2.73. The molecule has 0 aliphatic rings. The summed E-state index contributed by atoms with van der Waals surface area (Å²) in [7, 11) is -4.09. The van der Waals surface area contributed by atoms with Gasteiger partial charge in [-0.15, -0.1) is 0 Å². The van der Waals surface area contributed by atoms with Crippen molar-refractivity contribution in [1.29, 1.82) is 0 Å². The number of rotatable bonds is 2. The molecule has 0 aliphatic carbocycles. The monoisotopic (exact) mass is 342 g/mol. The van der Waals surface area contributed by atoms with Gasteiger partial charge in [0.25, 0.3) is 5.60 Å². The molecule has 0 aliphatic heterocycles. The van der Waals surface area contributed by atoms with E-state index >= 15 is 0 Å². The van der Waals surface area contributed by atoms with Gasteiger partial charge < -0.3 is 9.67 Å². The second kappa shape index (κ2) is 5.15. The van der Waals surface area contributed by atoms with Gasteiger partial charge in [0.2, 0.25) is 0 Å². The lowest BCUT2D eigenvalue weighted by Gasteiger charge is -2.45. The van der Waals surface area contributed by atoms with E-state index in [1.165, 1.54) is 41.5 Å². The summed E-state index contributed by atoms with van der Waals surface area (Å²) in [6.07, 6.45) is -13.8. The molecule has 0 saturated heterocycles. The third-order valence-electron chi connectivity index (χ3n) is 3.56. The molecule has 0 bridgehead atoms. The lowest BCUT2D eigenvalue weighted by atomic mass is 10.1. The Balaban J connectivity index is 6.23. The van der Waals surface area contributed by atoms with Crippen LogP contribution in [0.2, 0.25) is 0 Å². The molecule has 0 unspecified atom stereocenters. The first-order chi connectivity index (χ1) is 8.71. The summed E-state index contributed by atoms with van der Waals surface area (Å²) in [6, 6.07) is 0. The molecule has 0 saturated carbocycles. The molecule has 21 heavy (non-hydrogen) atoms. The first kappa shape index (κ1) is 20.8. The molecular formula is C12H21F6O2P. The predicted molar refractivity (Wildman–Crippen MR) is 69.0 cm³/mol. The van der Waals surface area contributed by atoms with Crippen LogP contribution in [0.4, 0.5) is 26.3 Å². The van der Waals surface area contributed by atoms with E-state index in [1.54, 1.807) is 0 Å². The Morgan fingerprint density at radius 2 is 1.00 bits per heavy atom. The fourth-order valence-corrected chi connectivity index (χ4v) is 6.11. The van der Waals surface area contributed by atoms with E-state index in [2.05, 4.69) is 0 Å². The molecule has 128 valence electrons. The minimum Gasteiger partial charge on any atom is -0.373 e. The number of hydrogen-bond donors (Lipinski definition) is 1. The molecule has 0 amide bonds. The van der Waals surface area contributed by atoms with Gasteiger partial charge in [-0.3, -0.25) is 0 Å². The van der Waals surface area contributed by atoms with Crippen LogP contribution in [0.3, 0.4) is 0 Å². The number of halogens is 6. The van der Waals surface area contributed by atoms with Crippen molar-refractivity contribution >= 4 is 7.14 Å². The van der Waals surface area contributed by atoms with Crippen molar-refractivity contribution in [3.8, 4) is 0 Å². The summed E-state index contributed by atoms with van der Waals surface area (Å²) in [5.74, 6) is 0. The number of aliphatic hydroxyl groups is 1. The Morgan fingerprint density at radius 3 is 1.14 bits per heavy atom. The molecule has 0 atom stereocenters. The summed E-state index contributed by atoms with van der Waals surface area (Å²) in [5, 5.41) is 6.68. The third-order valence-corrected chi connectivity index (χ3v) is 8.79. The summed E-state index contributed by atoms with van der Waals surface area (Å²) in [4.78, 5) is 0. The zero-order valence-electron chi connectivity index (χ0n) is 12.8. The van der Waals surface area contributed by atoms with Crippen LogP contribution in [0.5, 0.6) is 0 Å². The van der Waals surface area contributed by atoms with E-state index < -0.39 is 41.6 Å². The second-order valence-corrected chi connectivity index (χ2v) is 11.6. The molecule has 0 aromatic heterocycles. The van der Waals surface area contributed by atoms with E-state index in [-0.39, 0.29) is 0 Å². The van der Waals surface area contributed by atoms with Crippen LogP contribution < -0.4 is 0 Å². The summed E-state index contributed by atoms with van der Waals surface area (Å²) in [5.41, 5.74) is -4.99. The van der Waals surface area contributed by atoms with Gasteiger partial charge in [-0.2, -0.15) is 26.3 Å². The molecule has 0 spiro atoms. The van der Waals surface area contributed by atoms with Gasteiger partial charge >= 0.3 is 12.4 Å². The van der Waals surface area contributed by atoms with Crippen molar-refractivity contribution in [1.82, 2.24) is 0 Å². The van der Waals surface area contributed by atoms with Crippen LogP contribution in [0.1, 0.15) is 41.5 Å². The normalized spacial score (nSPS) is 16.2. The van der Waals surface area contributed by atoms with Crippen molar-refractivity contribution in [2.45, 2.75) is 69.8 Å². The average molecular weight is 342 g/mol. The highest BCUT2D eigenvalue weighted by atomic mass is 31.2. The maximum atomic E-state index is 13.0. The molecule has 0 radical (unpaired) electrons. The van der Waals surface area contributed by atoms with E-state index in [1.807, 2.05) is 0 Å². The van der Waals surface area contributed by atoms with E-state index in [9.17, 15) is 36.0 Å². The van der Waals surface area contributed by atoms with Crippen molar-refractivity contribution in [2.24, 2.45) is 0 Å². The van der Waals surface area contributed by atoms with Crippen LogP contribution >= 0.6 is 7.14 Å². The molecule has 0 aromatic rings. The van der Waals surface area contributed by atoms with Crippen LogP contribution in [-0.4, -0.2) is 39.5 Å². The maximum absolute atomic E-state index is 13.0. The quantitative estimate of drug-likeness (QED) is 0.578. The number of alkyl halides is 6. The topological polar surface area (TPSA) is 37.3 Å². The average Bonchev–Trinajstić information content (AvgIpc) is 2.09. The molecular weight excluding hydrogens is 321 g/mol. The predicted octanol–water partition coefficient (Wildman–Crippen LogP) is 4.80. The lowest BCUT2D eigenvalue weighted by molar-refractivity contribution is -0.359. The third kappa shape index (κ3) is 3.58. The molecule has 2 nitrogen and oxygen atoms in total. The molecule has 0 heterocycles. The lowest BCUT2D eigenvalue weighted by Crippen LogP contribution is -2.60. The van der Waals surface area contributed by atoms with Gasteiger partial charge in [0, 0.05) is 16.5 Å². The zero-order chi connectivity index (χ0) is 17.7. The van der Waals surface area contributed by atoms with Crippen molar-refractivity contribution < 1.29 is 36.0 Å². The molecule has 0 aromatic carbocycles. The van der Waals surface area contributed by atoms with Gasteiger partial charge in [-0.1, -0.05) is 41.5 Å². The van der Waals surface area contributed by atoms with Gasteiger partial charge in [0.15, 0.2) is 0 Å². The Hall–Kier alpha value is -0.230. The molecule has 1 N–H and O–H groups in total.